The third-order valence-electron chi connectivity index (χ3n) is 7.35. The van der Waals surface area contributed by atoms with Gasteiger partial charge in [0.15, 0.2) is 5.78 Å². The van der Waals surface area contributed by atoms with Crippen LogP contribution in [0.2, 0.25) is 5.02 Å². The summed E-state index contributed by atoms with van der Waals surface area (Å²) in [6.07, 6.45) is 8.14. The van der Waals surface area contributed by atoms with Gasteiger partial charge in [0.25, 0.3) is 0 Å². The lowest BCUT2D eigenvalue weighted by molar-refractivity contribution is 0.0772. The fourth-order valence-corrected chi connectivity index (χ4v) is 5.97. The van der Waals surface area contributed by atoms with Gasteiger partial charge in [-0.05, 0) is 110 Å². The van der Waals surface area contributed by atoms with Gasteiger partial charge in [-0.15, -0.1) is 0 Å². The van der Waals surface area contributed by atoms with Gasteiger partial charge in [-0.1, -0.05) is 11.6 Å². The van der Waals surface area contributed by atoms with Gasteiger partial charge in [-0.2, -0.15) is 0 Å². The Kier molecular flexibility index (Phi) is 5.32. The average Bonchev–Trinajstić information content (AvgIpc) is 2.76. The van der Waals surface area contributed by atoms with Crippen LogP contribution in [-0.2, 0) is 0 Å². The summed E-state index contributed by atoms with van der Waals surface area (Å²) in [5.74, 6) is 2.18. The lowest BCUT2D eigenvalue weighted by Gasteiger charge is -2.45. The minimum absolute atomic E-state index is 0.199. The number of nitrogens with zero attached hydrogens (tertiary/aromatic N) is 1. The largest absolute Gasteiger partial charge is 0.294 e. The molecule has 154 valence electrons. The van der Waals surface area contributed by atoms with Gasteiger partial charge in [0.05, 0.1) is 5.52 Å². The maximum absolute atomic E-state index is 13.9. The lowest BCUT2D eigenvalue weighted by Crippen LogP contribution is -2.34. The topological polar surface area (TPSA) is 30.0 Å². The number of Topliss-reactive ketones (excluding diaryl/α,β-unsaturated/α-hetero) is 1. The predicted octanol–water partition coefficient (Wildman–Crippen LogP) is 7.21. The van der Waals surface area contributed by atoms with Crippen LogP contribution in [-0.4, -0.2) is 10.8 Å². The summed E-state index contributed by atoms with van der Waals surface area (Å²) in [6, 6.07) is 14.2. The molecule has 2 bridgehead atoms. The first kappa shape index (κ1) is 19.7. The van der Waals surface area contributed by atoms with E-state index in [1.807, 2.05) is 18.3 Å². The van der Waals surface area contributed by atoms with E-state index < -0.39 is 0 Å². The van der Waals surface area contributed by atoms with E-state index in [4.69, 9.17) is 11.6 Å². The van der Waals surface area contributed by atoms with Crippen molar-refractivity contribution in [2.45, 2.75) is 44.4 Å². The second-order valence-electron chi connectivity index (χ2n) is 8.97. The molecule has 2 aliphatic rings. The molecule has 2 fully saturated rings. The Morgan fingerprint density at radius 2 is 1.80 bits per heavy atom. The second-order valence-corrected chi connectivity index (χ2v) is 9.41. The average molecular weight is 422 g/mol. The van der Waals surface area contributed by atoms with Crippen LogP contribution in [0.25, 0.3) is 10.9 Å². The zero-order valence-corrected chi connectivity index (χ0v) is 17.6. The van der Waals surface area contributed by atoms with Crippen molar-refractivity contribution in [3.8, 4) is 0 Å². The first-order valence-corrected chi connectivity index (χ1v) is 11.3. The van der Waals surface area contributed by atoms with Crippen LogP contribution in [0.1, 0.15) is 60.4 Å². The van der Waals surface area contributed by atoms with Gasteiger partial charge >= 0.3 is 0 Å². The maximum Gasteiger partial charge on any atom is 0.163 e. The van der Waals surface area contributed by atoms with Crippen LogP contribution >= 0.6 is 11.6 Å². The van der Waals surface area contributed by atoms with Crippen LogP contribution in [0.15, 0.2) is 54.7 Å². The number of carbonyl (C=O) groups excluding carboxylic acids is 1. The maximum atomic E-state index is 13.9. The lowest BCUT2D eigenvalue weighted by atomic mass is 9.60. The Balaban J connectivity index is 1.31. The van der Waals surface area contributed by atoms with Crippen molar-refractivity contribution in [2.75, 3.05) is 0 Å². The fourth-order valence-electron chi connectivity index (χ4n) is 5.84. The van der Waals surface area contributed by atoms with E-state index >= 15 is 0 Å². The molecule has 4 unspecified atom stereocenters. The molecule has 2 nitrogen and oxygen atoms in total. The van der Waals surface area contributed by atoms with Gasteiger partial charge in [0, 0.05) is 28.6 Å². The molecule has 0 radical (unpaired) electrons. The van der Waals surface area contributed by atoms with Gasteiger partial charge in [-0.25, -0.2) is 4.39 Å². The monoisotopic (exact) mass is 421 g/mol. The minimum atomic E-state index is -0.199. The van der Waals surface area contributed by atoms with E-state index in [0.29, 0.717) is 35.1 Å². The molecule has 3 aromatic rings. The number of benzene rings is 2. The normalized spacial score (nSPS) is 25.9. The Morgan fingerprint density at radius 1 is 1.00 bits per heavy atom. The standard InChI is InChI=1S/C26H25ClFNO/c27-20-6-3-16(4-7-20)26(30)14-18-1-2-19-13-17(18)5-9-22(19)23-11-12-29-25-10-8-21(28)15-24(23)25/h3-4,6-8,10-12,15,17-19,22H,1-2,5,9,13-14H2. The van der Waals surface area contributed by atoms with Crippen molar-refractivity contribution < 1.29 is 9.18 Å². The van der Waals surface area contributed by atoms with Crippen LogP contribution in [0, 0.1) is 23.6 Å². The summed E-state index contributed by atoms with van der Waals surface area (Å²) >= 11 is 5.95. The third-order valence-corrected chi connectivity index (χ3v) is 7.60. The highest BCUT2D eigenvalue weighted by Crippen LogP contribution is 2.51. The summed E-state index contributed by atoms with van der Waals surface area (Å²) in [6.45, 7) is 0. The number of rotatable bonds is 4. The molecular formula is C26H25ClFNO. The van der Waals surface area contributed by atoms with Gasteiger partial charge in [-0.3, -0.25) is 9.78 Å². The number of aromatic nitrogens is 1. The number of pyridine rings is 1. The molecule has 2 saturated carbocycles. The van der Waals surface area contributed by atoms with Crippen molar-refractivity contribution in [2.24, 2.45) is 17.8 Å². The minimum Gasteiger partial charge on any atom is -0.294 e. The smallest absolute Gasteiger partial charge is 0.163 e. The van der Waals surface area contributed by atoms with Crippen LogP contribution in [0.4, 0.5) is 4.39 Å². The Morgan fingerprint density at radius 3 is 2.63 bits per heavy atom. The second kappa shape index (κ2) is 8.11. The van der Waals surface area contributed by atoms with Crippen LogP contribution < -0.4 is 0 Å². The summed E-state index contributed by atoms with van der Waals surface area (Å²) in [5.41, 5.74) is 2.89. The van der Waals surface area contributed by atoms with Crippen molar-refractivity contribution in [1.29, 1.82) is 0 Å². The zero-order valence-electron chi connectivity index (χ0n) is 16.9. The number of carbonyl (C=O) groups is 1. The van der Waals surface area contributed by atoms with Gasteiger partial charge in [0.1, 0.15) is 5.82 Å². The molecule has 0 saturated heterocycles. The van der Waals surface area contributed by atoms with E-state index in [2.05, 4.69) is 11.1 Å². The molecule has 30 heavy (non-hydrogen) atoms. The zero-order chi connectivity index (χ0) is 20.7. The number of halogens is 2. The fraction of sp³-hybridized carbons (Fsp3) is 0.385. The number of ketones is 1. The van der Waals surface area contributed by atoms with E-state index in [0.717, 1.165) is 42.1 Å². The summed E-state index contributed by atoms with van der Waals surface area (Å²) in [7, 11) is 0. The highest BCUT2D eigenvalue weighted by molar-refractivity contribution is 6.30. The van der Waals surface area contributed by atoms with Crippen molar-refractivity contribution in [3.05, 3.63) is 76.7 Å². The van der Waals surface area contributed by atoms with E-state index in [9.17, 15) is 9.18 Å². The molecule has 2 aromatic carbocycles. The molecule has 0 spiro atoms. The number of hydrogen-bond acceptors (Lipinski definition) is 2. The van der Waals surface area contributed by atoms with Crippen molar-refractivity contribution in [1.82, 2.24) is 4.98 Å². The first-order chi connectivity index (χ1) is 14.6. The molecule has 4 atom stereocenters. The molecule has 1 heterocycles. The predicted molar refractivity (Wildman–Crippen MR) is 118 cm³/mol. The molecule has 0 amide bonds. The summed E-state index contributed by atoms with van der Waals surface area (Å²) < 4.78 is 13.9. The summed E-state index contributed by atoms with van der Waals surface area (Å²) in [5, 5.41) is 1.62. The first-order valence-electron chi connectivity index (χ1n) is 10.9. The molecule has 0 aliphatic heterocycles. The third kappa shape index (κ3) is 3.76. The Bertz CT molecular complexity index is 1080. The molecular weight excluding hydrogens is 397 g/mol. The SMILES string of the molecule is O=C(CC1CCC2CC1CCC2c1ccnc2ccc(F)cc12)c1ccc(Cl)cc1. The van der Waals surface area contributed by atoms with Gasteiger partial charge in [0.2, 0.25) is 0 Å². The molecule has 4 heteroatoms. The van der Waals surface area contributed by atoms with Gasteiger partial charge < -0.3 is 0 Å². The van der Waals surface area contributed by atoms with E-state index in [-0.39, 0.29) is 11.6 Å². The van der Waals surface area contributed by atoms with Crippen molar-refractivity contribution in [3.63, 3.8) is 0 Å². The Labute approximate surface area is 181 Å². The molecule has 2 aliphatic carbocycles. The summed E-state index contributed by atoms with van der Waals surface area (Å²) in [4.78, 5) is 17.2. The number of fused-ring (bicyclic) bond motifs is 3. The molecule has 0 N–H and O–H groups in total. The van der Waals surface area contributed by atoms with Crippen LogP contribution in [0.5, 0.6) is 0 Å². The van der Waals surface area contributed by atoms with Crippen molar-refractivity contribution >= 4 is 28.3 Å². The number of hydrogen-bond donors (Lipinski definition) is 0. The highest BCUT2D eigenvalue weighted by atomic mass is 35.5. The molecule has 5 rings (SSSR count). The van der Waals surface area contributed by atoms with Crippen LogP contribution in [0.3, 0.4) is 0 Å². The Hall–Kier alpha value is -2.26. The van der Waals surface area contributed by atoms with E-state index in [1.54, 1.807) is 24.3 Å². The highest BCUT2D eigenvalue weighted by Gasteiger charge is 2.40. The van der Waals surface area contributed by atoms with E-state index in [1.165, 1.54) is 18.1 Å². The molecule has 1 aromatic heterocycles. The quantitative estimate of drug-likeness (QED) is 0.416.